The Morgan fingerprint density at radius 3 is 2.61 bits per heavy atom. The van der Waals surface area contributed by atoms with Crippen molar-refractivity contribution in [2.45, 2.75) is 32.5 Å². The SMILES string of the molecule is Cc1ccc(NC(=O)C2CC(OCc3ccccc3)C2)cc1NC(=O)c1cncn1C. The predicted molar refractivity (Wildman–Crippen MR) is 119 cm³/mol. The molecule has 0 atom stereocenters. The summed E-state index contributed by atoms with van der Waals surface area (Å²) < 4.78 is 7.54. The van der Waals surface area contributed by atoms with E-state index in [9.17, 15) is 9.59 Å². The van der Waals surface area contributed by atoms with Gasteiger partial charge in [0.05, 0.1) is 25.2 Å². The number of amides is 2. The molecule has 0 unspecified atom stereocenters. The number of rotatable bonds is 7. The molecule has 1 aliphatic carbocycles. The minimum Gasteiger partial charge on any atom is -0.373 e. The van der Waals surface area contributed by atoms with Gasteiger partial charge in [0.1, 0.15) is 5.69 Å². The number of aryl methyl sites for hydroxylation is 2. The molecule has 2 N–H and O–H groups in total. The lowest BCUT2D eigenvalue weighted by molar-refractivity contribution is -0.129. The van der Waals surface area contributed by atoms with Crippen LogP contribution in [0.4, 0.5) is 11.4 Å². The summed E-state index contributed by atoms with van der Waals surface area (Å²) in [6.45, 7) is 2.47. The Labute approximate surface area is 181 Å². The number of imidazole rings is 1. The number of nitrogens with one attached hydrogen (secondary N) is 2. The quantitative estimate of drug-likeness (QED) is 0.609. The Balaban J connectivity index is 1.29. The van der Waals surface area contributed by atoms with E-state index in [4.69, 9.17) is 4.74 Å². The summed E-state index contributed by atoms with van der Waals surface area (Å²) in [6.07, 6.45) is 4.64. The van der Waals surface area contributed by atoms with Crippen LogP contribution in [0.25, 0.3) is 0 Å². The van der Waals surface area contributed by atoms with Crippen molar-refractivity contribution in [2.75, 3.05) is 10.6 Å². The predicted octanol–water partition coefficient (Wildman–Crippen LogP) is 3.91. The average molecular weight is 418 g/mol. The summed E-state index contributed by atoms with van der Waals surface area (Å²) in [7, 11) is 1.76. The normalized spacial score (nSPS) is 17.6. The highest BCUT2D eigenvalue weighted by molar-refractivity contribution is 6.04. The van der Waals surface area contributed by atoms with Crippen LogP contribution in [0.1, 0.15) is 34.5 Å². The molecule has 1 fully saturated rings. The maximum Gasteiger partial charge on any atom is 0.273 e. The van der Waals surface area contributed by atoms with Crippen LogP contribution in [0.3, 0.4) is 0 Å². The van der Waals surface area contributed by atoms with Crippen LogP contribution >= 0.6 is 0 Å². The number of hydrogen-bond donors (Lipinski definition) is 2. The van der Waals surface area contributed by atoms with Gasteiger partial charge in [0.15, 0.2) is 0 Å². The number of aromatic nitrogens is 2. The van der Waals surface area contributed by atoms with Crippen LogP contribution in [0.15, 0.2) is 61.1 Å². The largest absolute Gasteiger partial charge is 0.373 e. The molecule has 2 aromatic carbocycles. The lowest BCUT2D eigenvalue weighted by atomic mass is 9.81. The molecule has 1 aromatic heterocycles. The number of carbonyl (C=O) groups is 2. The molecule has 1 saturated carbocycles. The van der Waals surface area contributed by atoms with Crippen LogP contribution in [0.5, 0.6) is 0 Å². The van der Waals surface area contributed by atoms with Crippen molar-refractivity contribution in [2.24, 2.45) is 13.0 Å². The van der Waals surface area contributed by atoms with Crippen molar-refractivity contribution < 1.29 is 14.3 Å². The van der Waals surface area contributed by atoms with Gasteiger partial charge in [-0.3, -0.25) is 9.59 Å². The van der Waals surface area contributed by atoms with E-state index in [0.717, 1.165) is 11.1 Å². The Morgan fingerprint density at radius 1 is 1.13 bits per heavy atom. The third-order valence-corrected chi connectivity index (χ3v) is 5.60. The van der Waals surface area contributed by atoms with Crippen LogP contribution in [0, 0.1) is 12.8 Å². The van der Waals surface area contributed by atoms with E-state index < -0.39 is 0 Å². The molecule has 0 bridgehead atoms. The first-order valence-electron chi connectivity index (χ1n) is 10.3. The van der Waals surface area contributed by atoms with Crippen molar-refractivity contribution in [3.63, 3.8) is 0 Å². The zero-order valence-electron chi connectivity index (χ0n) is 17.7. The molecule has 7 nitrogen and oxygen atoms in total. The summed E-state index contributed by atoms with van der Waals surface area (Å²) >= 11 is 0. The summed E-state index contributed by atoms with van der Waals surface area (Å²) in [5.41, 5.74) is 3.82. The second kappa shape index (κ2) is 9.14. The Bertz CT molecular complexity index is 1070. The molecule has 2 amide bonds. The second-order valence-electron chi connectivity index (χ2n) is 7.95. The molecule has 0 aliphatic heterocycles. The first-order chi connectivity index (χ1) is 15.0. The van der Waals surface area contributed by atoms with Crippen molar-refractivity contribution in [1.29, 1.82) is 0 Å². The first kappa shape index (κ1) is 20.8. The van der Waals surface area contributed by atoms with Crippen LogP contribution in [-0.2, 0) is 23.2 Å². The Morgan fingerprint density at radius 2 is 1.90 bits per heavy atom. The lowest BCUT2D eigenvalue weighted by Gasteiger charge is -2.34. The smallest absolute Gasteiger partial charge is 0.273 e. The van der Waals surface area contributed by atoms with Crippen molar-refractivity contribution in [3.8, 4) is 0 Å². The maximum absolute atomic E-state index is 12.6. The van der Waals surface area contributed by atoms with Crippen LogP contribution in [0.2, 0.25) is 0 Å². The van der Waals surface area contributed by atoms with Crippen molar-refractivity contribution in [3.05, 3.63) is 77.9 Å². The van der Waals surface area contributed by atoms with E-state index in [0.29, 0.717) is 36.5 Å². The highest BCUT2D eigenvalue weighted by Gasteiger charge is 2.35. The lowest BCUT2D eigenvalue weighted by Crippen LogP contribution is -2.39. The van der Waals surface area contributed by atoms with Crippen LogP contribution < -0.4 is 10.6 Å². The minimum absolute atomic E-state index is 0.0210. The maximum atomic E-state index is 12.6. The third-order valence-electron chi connectivity index (χ3n) is 5.60. The number of ether oxygens (including phenoxy) is 1. The molecule has 0 radical (unpaired) electrons. The minimum atomic E-state index is -0.246. The summed E-state index contributed by atoms with van der Waals surface area (Å²) in [6, 6.07) is 15.5. The van der Waals surface area contributed by atoms with E-state index in [2.05, 4.69) is 15.6 Å². The van der Waals surface area contributed by atoms with E-state index in [1.54, 1.807) is 24.0 Å². The molecule has 4 rings (SSSR count). The fourth-order valence-corrected chi connectivity index (χ4v) is 3.55. The number of benzene rings is 2. The highest BCUT2D eigenvalue weighted by Crippen LogP contribution is 2.32. The van der Waals surface area contributed by atoms with Gasteiger partial charge in [-0.2, -0.15) is 0 Å². The van der Waals surface area contributed by atoms with E-state index in [1.807, 2.05) is 49.4 Å². The molecule has 0 saturated heterocycles. The summed E-state index contributed by atoms with van der Waals surface area (Å²) in [5, 5.41) is 5.85. The zero-order chi connectivity index (χ0) is 21.8. The van der Waals surface area contributed by atoms with Gasteiger partial charge in [-0.05, 0) is 43.0 Å². The Kier molecular flexibility index (Phi) is 6.13. The molecule has 7 heteroatoms. The number of carbonyl (C=O) groups excluding carboxylic acids is 2. The van der Waals surface area contributed by atoms with Gasteiger partial charge in [0.25, 0.3) is 5.91 Å². The van der Waals surface area contributed by atoms with Crippen molar-refractivity contribution >= 4 is 23.2 Å². The van der Waals surface area contributed by atoms with Gasteiger partial charge in [-0.1, -0.05) is 36.4 Å². The van der Waals surface area contributed by atoms with Crippen LogP contribution in [-0.4, -0.2) is 27.5 Å². The van der Waals surface area contributed by atoms with E-state index in [-0.39, 0.29) is 23.8 Å². The molecule has 1 aliphatic rings. The van der Waals surface area contributed by atoms with Gasteiger partial charge in [-0.25, -0.2) is 4.98 Å². The molecule has 3 aromatic rings. The zero-order valence-corrected chi connectivity index (χ0v) is 17.7. The molecular formula is C24H26N4O3. The first-order valence-corrected chi connectivity index (χ1v) is 10.3. The molecule has 0 spiro atoms. The monoisotopic (exact) mass is 418 g/mol. The number of anilines is 2. The van der Waals surface area contributed by atoms with Crippen molar-refractivity contribution in [1.82, 2.24) is 9.55 Å². The van der Waals surface area contributed by atoms with Gasteiger partial charge in [-0.15, -0.1) is 0 Å². The standard InChI is InChI=1S/C24H26N4O3/c1-16-8-9-19(12-21(16)27-24(30)22-13-25-15-28(22)2)26-23(29)18-10-20(11-18)31-14-17-6-4-3-5-7-17/h3-9,12-13,15,18,20H,10-11,14H2,1-2H3,(H,26,29)(H,27,30). The topological polar surface area (TPSA) is 85.2 Å². The number of nitrogens with zero attached hydrogens (tertiary/aromatic N) is 2. The molecule has 1 heterocycles. The number of hydrogen-bond acceptors (Lipinski definition) is 4. The van der Waals surface area contributed by atoms with Gasteiger partial charge in [0.2, 0.25) is 5.91 Å². The van der Waals surface area contributed by atoms with E-state index in [1.165, 1.54) is 6.20 Å². The fourth-order valence-electron chi connectivity index (χ4n) is 3.55. The van der Waals surface area contributed by atoms with E-state index >= 15 is 0 Å². The third kappa shape index (κ3) is 5.00. The summed E-state index contributed by atoms with van der Waals surface area (Å²) in [4.78, 5) is 29.0. The average Bonchev–Trinajstić information content (AvgIpc) is 3.16. The van der Waals surface area contributed by atoms with Gasteiger partial charge >= 0.3 is 0 Å². The van der Waals surface area contributed by atoms with Gasteiger partial charge in [0, 0.05) is 24.3 Å². The highest BCUT2D eigenvalue weighted by atomic mass is 16.5. The molecule has 160 valence electrons. The summed E-state index contributed by atoms with van der Waals surface area (Å²) in [5.74, 6) is -0.328. The fraction of sp³-hybridized carbons (Fsp3) is 0.292. The molecular weight excluding hydrogens is 392 g/mol. The Hall–Kier alpha value is -3.45. The van der Waals surface area contributed by atoms with Gasteiger partial charge < -0.3 is 19.9 Å². The molecule has 31 heavy (non-hydrogen) atoms. The second-order valence-corrected chi connectivity index (χ2v) is 7.95.